The summed E-state index contributed by atoms with van der Waals surface area (Å²) in [7, 11) is 1.58. The first-order chi connectivity index (χ1) is 14.4. The molecule has 0 saturated carbocycles. The number of benzene rings is 2. The molecule has 3 heterocycles. The predicted octanol–water partition coefficient (Wildman–Crippen LogP) is 3.58. The van der Waals surface area contributed by atoms with E-state index in [0.717, 1.165) is 4.90 Å². The van der Waals surface area contributed by atoms with E-state index in [1.54, 1.807) is 37.4 Å². The molecule has 3 aromatic rings. The second kappa shape index (κ2) is 6.92. The fourth-order valence-electron chi connectivity index (χ4n) is 4.14. The minimum atomic E-state index is -1.06. The van der Waals surface area contributed by atoms with E-state index >= 15 is 0 Å². The number of para-hydroxylation sites is 1. The Labute approximate surface area is 180 Å². The van der Waals surface area contributed by atoms with Crippen molar-refractivity contribution in [3.05, 3.63) is 74.6 Å². The van der Waals surface area contributed by atoms with E-state index in [9.17, 15) is 14.4 Å². The van der Waals surface area contributed by atoms with Crippen LogP contribution in [0.1, 0.15) is 11.6 Å². The molecule has 0 radical (unpaired) electrons. The minimum absolute atomic E-state index is 0.166. The Balaban J connectivity index is 1.60. The number of carbonyl (C=O) groups excluding carboxylic acids is 2. The van der Waals surface area contributed by atoms with Gasteiger partial charge < -0.3 is 4.42 Å². The van der Waals surface area contributed by atoms with Crippen LogP contribution < -0.4 is 10.3 Å². The zero-order chi connectivity index (χ0) is 21.2. The van der Waals surface area contributed by atoms with E-state index in [0.29, 0.717) is 16.0 Å². The third-order valence-corrected chi connectivity index (χ3v) is 6.02. The number of anilines is 1. The number of amides is 2. The fraction of sp³-hybridized carbons (Fsp3) is 0.190. The molecule has 2 saturated heterocycles. The number of nitrogens with zero attached hydrogens (tertiary/aromatic N) is 2. The molecule has 0 spiro atoms. The Morgan fingerprint density at radius 1 is 1.00 bits per heavy atom. The van der Waals surface area contributed by atoms with Gasteiger partial charge in [0.05, 0.1) is 39.9 Å². The molecular formula is C21H14Cl2N2O5. The molecule has 0 aliphatic carbocycles. The van der Waals surface area contributed by atoms with Gasteiger partial charge in [-0.1, -0.05) is 35.3 Å². The first-order valence-corrected chi connectivity index (χ1v) is 9.87. The van der Waals surface area contributed by atoms with Crippen LogP contribution in [0.2, 0.25) is 10.0 Å². The molecule has 0 bridgehead atoms. The summed E-state index contributed by atoms with van der Waals surface area (Å²) < 4.78 is 5.61. The summed E-state index contributed by atoms with van der Waals surface area (Å²) in [4.78, 5) is 46.1. The highest BCUT2D eigenvalue weighted by atomic mass is 35.5. The molecule has 5 rings (SSSR count). The Kier molecular flexibility index (Phi) is 4.44. The van der Waals surface area contributed by atoms with E-state index < -0.39 is 29.9 Å². The lowest BCUT2D eigenvalue weighted by molar-refractivity contribution is -0.160. The molecule has 3 unspecified atom stereocenters. The highest BCUT2D eigenvalue weighted by Crippen LogP contribution is 2.45. The minimum Gasteiger partial charge on any atom is -0.464 e. The Morgan fingerprint density at radius 2 is 1.77 bits per heavy atom. The van der Waals surface area contributed by atoms with Gasteiger partial charge in [0.2, 0.25) is 5.91 Å². The van der Waals surface area contributed by atoms with Gasteiger partial charge >= 0.3 is 0 Å². The summed E-state index contributed by atoms with van der Waals surface area (Å²) in [5.41, 5.74) is 0.629. The van der Waals surface area contributed by atoms with E-state index in [1.807, 2.05) is 0 Å². The van der Waals surface area contributed by atoms with Gasteiger partial charge in [0, 0.05) is 12.1 Å². The maximum atomic E-state index is 13.3. The van der Waals surface area contributed by atoms with Gasteiger partial charge in [0.15, 0.2) is 11.5 Å². The number of halogens is 2. The molecule has 2 aromatic carbocycles. The van der Waals surface area contributed by atoms with Gasteiger partial charge in [-0.15, -0.1) is 0 Å². The van der Waals surface area contributed by atoms with E-state index in [2.05, 4.69) is 0 Å². The summed E-state index contributed by atoms with van der Waals surface area (Å²) >= 11 is 12.2. The number of hydrogen-bond donors (Lipinski definition) is 0. The van der Waals surface area contributed by atoms with Gasteiger partial charge in [0.1, 0.15) is 5.58 Å². The van der Waals surface area contributed by atoms with Gasteiger partial charge in [0.25, 0.3) is 5.91 Å². The van der Waals surface area contributed by atoms with Crippen LogP contribution in [0, 0.1) is 5.92 Å². The molecule has 9 heteroatoms. The molecule has 152 valence electrons. The molecule has 3 atom stereocenters. The van der Waals surface area contributed by atoms with Crippen LogP contribution in [0.3, 0.4) is 0 Å². The van der Waals surface area contributed by atoms with Gasteiger partial charge in [-0.05, 0) is 30.3 Å². The average molecular weight is 445 g/mol. The van der Waals surface area contributed by atoms with Crippen molar-refractivity contribution in [2.75, 3.05) is 11.9 Å². The zero-order valence-corrected chi connectivity index (χ0v) is 17.1. The SMILES string of the molecule is CN1OC2C(=O)N(c3ccc(Cl)cc3Cl)C(=O)C2C1c1coc2ccccc2c1=O. The molecule has 7 nitrogen and oxygen atoms in total. The standard InChI is InChI=1S/C21H14Cl2N2O5/c1-24-17(12-9-29-15-5-3-2-4-11(15)18(12)26)16-19(30-24)21(28)25(20(16)27)14-7-6-10(22)8-13(14)23/h2-9,16-17,19H,1H3. The van der Waals surface area contributed by atoms with Crippen molar-refractivity contribution < 1.29 is 18.8 Å². The zero-order valence-electron chi connectivity index (χ0n) is 15.5. The third-order valence-electron chi connectivity index (χ3n) is 5.48. The first-order valence-electron chi connectivity index (χ1n) is 9.11. The highest BCUT2D eigenvalue weighted by Gasteiger charge is 2.60. The van der Waals surface area contributed by atoms with Crippen LogP contribution in [0.15, 0.2) is 57.9 Å². The number of hydroxylamine groups is 2. The number of fused-ring (bicyclic) bond motifs is 2. The summed E-state index contributed by atoms with van der Waals surface area (Å²) in [6, 6.07) is 10.5. The molecule has 30 heavy (non-hydrogen) atoms. The van der Waals surface area contributed by atoms with Crippen LogP contribution in [-0.2, 0) is 14.4 Å². The van der Waals surface area contributed by atoms with Crippen molar-refractivity contribution in [3.8, 4) is 0 Å². The lowest BCUT2D eigenvalue weighted by Crippen LogP contribution is -2.37. The molecular weight excluding hydrogens is 431 g/mol. The molecule has 0 N–H and O–H groups in total. The van der Waals surface area contributed by atoms with Crippen LogP contribution in [0.5, 0.6) is 0 Å². The summed E-state index contributed by atoms with van der Waals surface area (Å²) in [6.45, 7) is 0. The first kappa shape index (κ1) is 19.3. The van der Waals surface area contributed by atoms with Crippen LogP contribution >= 0.6 is 23.2 Å². The number of imide groups is 1. The largest absolute Gasteiger partial charge is 0.464 e. The van der Waals surface area contributed by atoms with Crippen molar-refractivity contribution in [3.63, 3.8) is 0 Å². The van der Waals surface area contributed by atoms with E-state index in [4.69, 9.17) is 32.5 Å². The van der Waals surface area contributed by atoms with Gasteiger partial charge in [-0.2, -0.15) is 5.06 Å². The van der Waals surface area contributed by atoms with Crippen LogP contribution in [-0.4, -0.2) is 30.0 Å². The number of rotatable bonds is 2. The quantitative estimate of drug-likeness (QED) is 0.562. The summed E-state index contributed by atoms with van der Waals surface area (Å²) in [6.07, 6.45) is 0.262. The summed E-state index contributed by atoms with van der Waals surface area (Å²) in [5, 5.41) is 2.30. The monoisotopic (exact) mass is 444 g/mol. The molecule has 2 amide bonds. The third kappa shape index (κ3) is 2.70. The van der Waals surface area contributed by atoms with Crippen LogP contribution in [0.4, 0.5) is 5.69 Å². The molecule has 2 aliphatic heterocycles. The van der Waals surface area contributed by atoms with Crippen molar-refractivity contribution in [2.45, 2.75) is 12.1 Å². The number of carbonyl (C=O) groups is 2. The average Bonchev–Trinajstić information content (AvgIpc) is 3.17. The molecule has 2 aliphatic rings. The van der Waals surface area contributed by atoms with Gasteiger partial charge in [-0.3, -0.25) is 19.2 Å². The second-order valence-electron chi connectivity index (χ2n) is 7.17. The number of hydrogen-bond acceptors (Lipinski definition) is 6. The van der Waals surface area contributed by atoms with E-state index in [-0.39, 0.29) is 21.7 Å². The van der Waals surface area contributed by atoms with Crippen molar-refractivity contribution >= 4 is 51.7 Å². The molecule has 2 fully saturated rings. The predicted molar refractivity (Wildman–Crippen MR) is 110 cm³/mol. The molecule has 1 aromatic heterocycles. The Bertz CT molecular complexity index is 1270. The van der Waals surface area contributed by atoms with Gasteiger partial charge in [-0.25, -0.2) is 4.90 Å². The normalized spacial score (nSPS) is 24.1. The highest BCUT2D eigenvalue weighted by molar-refractivity contribution is 6.38. The van der Waals surface area contributed by atoms with Crippen molar-refractivity contribution in [1.29, 1.82) is 0 Å². The van der Waals surface area contributed by atoms with Crippen molar-refractivity contribution in [2.24, 2.45) is 5.92 Å². The fourth-order valence-corrected chi connectivity index (χ4v) is 4.63. The second-order valence-corrected chi connectivity index (χ2v) is 8.01. The Morgan fingerprint density at radius 3 is 2.53 bits per heavy atom. The topological polar surface area (TPSA) is 80.1 Å². The van der Waals surface area contributed by atoms with Crippen molar-refractivity contribution in [1.82, 2.24) is 5.06 Å². The lowest BCUT2D eigenvalue weighted by atomic mass is 9.91. The maximum Gasteiger partial charge on any atom is 0.266 e. The smallest absolute Gasteiger partial charge is 0.266 e. The summed E-state index contributed by atoms with van der Waals surface area (Å²) in [5.74, 6) is -1.97. The lowest BCUT2D eigenvalue weighted by Gasteiger charge is -2.24. The Hall–Kier alpha value is -2.71. The van der Waals surface area contributed by atoms with Crippen LogP contribution in [0.25, 0.3) is 11.0 Å². The van der Waals surface area contributed by atoms with E-state index in [1.165, 1.54) is 23.5 Å². The maximum absolute atomic E-state index is 13.3.